The van der Waals surface area contributed by atoms with Crippen molar-refractivity contribution in [3.8, 4) is 0 Å². The second-order valence-corrected chi connectivity index (χ2v) is 6.77. The Hall–Kier alpha value is -1.26. The molecule has 2 aliphatic rings. The molecule has 1 aromatic rings. The van der Waals surface area contributed by atoms with E-state index in [2.05, 4.69) is 16.7 Å². The van der Waals surface area contributed by atoms with Gasteiger partial charge in [-0.05, 0) is 36.5 Å². The number of carbonyl (C=O) groups excluding carboxylic acids is 1. The monoisotopic (exact) mass is 322 g/mol. The van der Waals surface area contributed by atoms with Gasteiger partial charge in [0.2, 0.25) is 0 Å². The number of amides is 2. The van der Waals surface area contributed by atoms with E-state index in [0.29, 0.717) is 23.4 Å². The van der Waals surface area contributed by atoms with E-state index >= 15 is 0 Å². The summed E-state index contributed by atoms with van der Waals surface area (Å²) in [6.07, 6.45) is 4.80. The van der Waals surface area contributed by atoms with Gasteiger partial charge >= 0.3 is 6.03 Å². The fourth-order valence-corrected chi connectivity index (χ4v) is 3.49. The zero-order chi connectivity index (χ0) is 15.4. The first kappa shape index (κ1) is 15.6. The third-order valence-electron chi connectivity index (χ3n) is 4.62. The summed E-state index contributed by atoms with van der Waals surface area (Å²) in [4.78, 5) is 12.2. The number of benzene rings is 1. The Labute approximate surface area is 136 Å². The molecule has 1 saturated heterocycles. The minimum atomic E-state index is -0.0937. The van der Waals surface area contributed by atoms with E-state index in [9.17, 15) is 4.79 Å². The minimum Gasteiger partial charge on any atom is -0.381 e. The first-order valence-corrected chi connectivity index (χ1v) is 8.48. The molecule has 2 N–H and O–H groups in total. The Kier molecular flexibility index (Phi) is 5.21. The molecule has 4 nitrogen and oxygen atoms in total. The predicted molar refractivity (Wildman–Crippen MR) is 87.0 cm³/mol. The van der Waals surface area contributed by atoms with Crippen LogP contribution in [0.15, 0.2) is 24.3 Å². The zero-order valence-electron chi connectivity index (χ0n) is 12.7. The van der Waals surface area contributed by atoms with E-state index < -0.39 is 0 Å². The normalized spacial score (nSPS) is 20.4. The van der Waals surface area contributed by atoms with Crippen molar-refractivity contribution >= 4 is 17.6 Å². The van der Waals surface area contributed by atoms with Crippen molar-refractivity contribution in [2.24, 2.45) is 11.8 Å². The number of hydrogen-bond donors (Lipinski definition) is 2. The number of urea groups is 1. The molecule has 22 heavy (non-hydrogen) atoms. The summed E-state index contributed by atoms with van der Waals surface area (Å²) in [6, 6.07) is 7.78. The van der Waals surface area contributed by atoms with Crippen LogP contribution in [0.3, 0.4) is 0 Å². The highest BCUT2D eigenvalue weighted by Gasteiger charge is 2.28. The lowest BCUT2D eigenvalue weighted by molar-refractivity contribution is -0.0294. The van der Waals surface area contributed by atoms with Gasteiger partial charge in [0.25, 0.3) is 0 Å². The van der Waals surface area contributed by atoms with Crippen LogP contribution in [0.4, 0.5) is 4.79 Å². The van der Waals surface area contributed by atoms with Gasteiger partial charge in [-0.3, -0.25) is 0 Å². The number of carbonyl (C=O) groups is 1. The molecule has 0 spiro atoms. The smallest absolute Gasteiger partial charge is 0.315 e. The number of halogens is 1. The minimum absolute atomic E-state index is 0.0406. The van der Waals surface area contributed by atoms with Gasteiger partial charge < -0.3 is 15.4 Å². The van der Waals surface area contributed by atoms with Crippen LogP contribution < -0.4 is 10.6 Å². The molecule has 3 rings (SSSR count). The summed E-state index contributed by atoms with van der Waals surface area (Å²) < 4.78 is 5.13. The molecule has 1 aliphatic heterocycles. The molecule has 0 unspecified atom stereocenters. The van der Waals surface area contributed by atoms with Crippen LogP contribution >= 0.6 is 11.6 Å². The van der Waals surface area contributed by atoms with E-state index in [4.69, 9.17) is 16.3 Å². The molecule has 1 saturated carbocycles. The van der Waals surface area contributed by atoms with E-state index in [1.807, 2.05) is 18.2 Å². The quantitative estimate of drug-likeness (QED) is 0.871. The lowest BCUT2D eigenvalue weighted by atomic mass is 9.92. The van der Waals surface area contributed by atoms with Crippen LogP contribution in [-0.4, -0.2) is 25.8 Å². The van der Waals surface area contributed by atoms with Crippen LogP contribution in [-0.2, 0) is 4.74 Å². The van der Waals surface area contributed by atoms with Crippen LogP contribution in [0, 0.1) is 11.8 Å². The van der Waals surface area contributed by atoms with E-state index in [1.54, 1.807) is 0 Å². The summed E-state index contributed by atoms with van der Waals surface area (Å²) >= 11 is 6.12. The first-order valence-electron chi connectivity index (χ1n) is 8.10. The average molecular weight is 323 g/mol. The molecule has 1 aromatic carbocycles. The molecule has 2 fully saturated rings. The largest absolute Gasteiger partial charge is 0.381 e. The van der Waals surface area contributed by atoms with E-state index in [0.717, 1.165) is 31.6 Å². The van der Waals surface area contributed by atoms with Gasteiger partial charge in [-0.2, -0.15) is 0 Å². The van der Waals surface area contributed by atoms with Crippen molar-refractivity contribution in [1.29, 1.82) is 0 Å². The van der Waals surface area contributed by atoms with Crippen molar-refractivity contribution in [3.05, 3.63) is 34.9 Å². The topological polar surface area (TPSA) is 50.4 Å². The number of ether oxygens (including phenoxy) is 1. The molecule has 0 aromatic heterocycles. The average Bonchev–Trinajstić information content (AvgIpc) is 2.97. The number of hydrogen-bond acceptors (Lipinski definition) is 2. The first-order chi connectivity index (χ1) is 10.7. The maximum Gasteiger partial charge on any atom is 0.315 e. The van der Waals surface area contributed by atoms with Crippen LogP contribution in [0.25, 0.3) is 0 Å². The molecular weight excluding hydrogens is 300 g/mol. The van der Waals surface area contributed by atoms with Crippen molar-refractivity contribution < 1.29 is 9.53 Å². The summed E-state index contributed by atoms with van der Waals surface area (Å²) in [5.74, 6) is 0.957. The molecule has 120 valence electrons. The third-order valence-corrected chi connectivity index (χ3v) is 4.86. The Bertz CT molecular complexity index is 513. The molecule has 0 radical (unpaired) electrons. The summed E-state index contributed by atoms with van der Waals surface area (Å²) in [6.45, 7) is 2.18. The van der Waals surface area contributed by atoms with Crippen molar-refractivity contribution in [2.75, 3.05) is 19.8 Å². The highest BCUT2D eigenvalue weighted by atomic mass is 35.5. The van der Waals surface area contributed by atoms with Gasteiger partial charge in [0.05, 0.1) is 19.3 Å². The van der Waals surface area contributed by atoms with Crippen molar-refractivity contribution in [1.82, 2.24) is 10.6 Å². The zero-order valence-corrected chi connectivity index (χ0v) is 13.4. The van der Waals surface area contributed by atoms with Gasteiger partial charge in [0.1, 0.15) is 0 Å². The van der Waals surface area contributed by atoms with Gasteiger partial charge in [-0.25, -0.2) is 4.79 Å². The Morgan fingerprint density at radius 3 is 2.73 bits per heavy atom. The van der Waals surface area contributed by atoms with Gasteiger partial charge in [0, 0.05) is 17.5 Å². The number of nitrogens with one attached hydrogen (secondary N) is 2. The second kappa shape index (κ2) is 7.34. The van der Waals surface area contributed by atoms with E-state index in [1.165, 1.54) is 12.8 Å². The summed E-state index contributed by atoms with van der Waals surface area (Å²) in [5, 5.41) is 6.83. The van der Waals surface area contributed by atoms with Crippen LogP contribution in [0.2, 0.25) is 5.02 Å². The summed E-state index contributed by atoms with van der Waals surface area (Å²) in [7, 11) is 0. The Balaban J connectivity index is 1.63. The Morgan fingerprint density at radius 1 is 1.32 bits per heavy atom. The Morgan fingerprint density at radius 2 is 2.09 bits per heavy atom. The fraction of sp³-hybridized carbons (Fsp3) is 0.588. The second-order valence-electron chi connectivity index (χ2n) is 6.34. The van der Waals surface area contributed by atoms with Gasteiger partial charge in [0.15, 0.2) is 0 Å². The fourth-order valence-electron chi connectivity index (χ4n) is 3.30. The van der Waals surface area contributed by atoms with Gasteiger partial charge in [-0.1, -0.05) is 36.6 Å². The molecule has 0 bridgehead atoms. The van der Waals surface area contributed by atoms with Crippen LogP contribution in [0.1, 0.15) is 37.3 Å². The number of rotatable bonds is 5. The highest BCUT2D eigenvalue weighted by molar-refractivity contribution is 6.30. The van der Waals surface area contributed by atoms with Gasteiger partial charge in [-0.15, -0.1) is 0 Å². The molecule has 5 heteroatoms. The maximum atomic E-state index is 12.2. The van der Waals surface area contributed by atoms with Crippen LogP contribution in [0.5, 0.6) is 0 Å². The summed E-state index contributed by atoms with van der Waals surface area (Å²) in [5.41, 5.74) is 1.10. The van der Waals surface area contributed by atoms with E-state index in [-0.39, 0.29) is 12.1 Å². The lowest BCUT2D eigenvalue weighted by Crippen LogP contribution is -2.45. The molecule has 1 aliphatic carbocycles. The predicted octanol–water partition coefficient (Wildman–Crippen LogP) is 3.52. The lowest BCUT2D eigenvalue weighted by Gasteiger charge is -2.28. The highest BCUT2D eigenvalue weighted by Crippen LogP contribution is 2.36. The van der Waals surface area contributed by atoms with Crippen molar-refractivity contribution in [3.63, 3.8) is 0 Å². The molecule has 1 heterocycles. The third kappa shape index (κ3) is 3.93. The molecular formula is C17H23ClN2O2. The molecule has 2 amide bonds. The SMILES string of the molecule is O=C(NCC1COC1)N[C@H](c1cccc(Cl)c1)C1CCCC1. The standard InChI is InChI=1S/C17H23ClN2O2/c18-15-7-3-6-14(8-15)16(13-4-1-2-5-13)20-17(21)19-9-12-10-22-11-12/h3,6-8,12-13,16H,1-2,4-5,9-11H2,(H2,19,20,21)/t16-/m0/s1. The van der Waals surface area contributed by atoms with Crippen molar-refractivity contribution in [2.45, 2.75) is 31.7 Å². The maximum absolute atomic E-state index is 12.2. The molecule has 1 atom stereocenters.